The molecule has 0 radical (unpaired) electrons. The maximum Gasteiger partial charge on any atom is 0.262 e. The molecule has 138 valence electrons. The molecule has 0 bridgehead atoms. The highest BCUT2D eigenvalue weighted by atomic mass is 32.1. The summed E-state index contributed by atoms with van der Waals surface area (Å²) in [6, 6.07) is 15.1. The number of ether oxygens (including phenoxy) is 1. The quantitative estimate of drug-likeness (QED) is 0.673. The van der Waals surface area contributed by atoms with Crippen LogP contribution in [0.25, 0.3) is 10.8 Å². The molecule has 1 fully saturated rings. The van der Waals surface area contributed by atoms with Gasteiger partial charge in [0, 0.05) is 16.5 Å². The predicted octanol–water partition coefficient (Wildman–Crippen LogP) is 4.20. The van der Waals surface area contributed by atoms with E-state index in [2.05, 4.69) is 10.6 Å². The van der Waals surface area contributed by atoms with Gasteiger partial charge in [-0.3, -0.25) is 9.59 Å². The minimum Gasteiger partial charge on any atom is -0.493 e. The molecule has 3 aromatic rings. The molecule has 2 aromatic carbocycles. The van der Waals surface area contributed by atoms with Crippen molar-refractivity contribution >= 4 is 39.6 Å². The third-order valence-electron chi connectivity index (χ3n) is 4.71. The van der Waals surface area contributed by atoms with Crippen LogP contribution in [0.15, 0.2) is 53.9 Å². The molecule has 1 aliphatic rings. The van der Waals surface area contributed by atoms with E-state index in [-0.39, 0.29) is 11.8 Å². The summed E-state index contributed by atoms with van der Waals surface area (Å²) in [7, 11) is 0. The summed E-state index contributed by atoms with van der Waals surface area (Å²) >= 11 is 1.37. The van der Waals surface area contributed by atoms with Gasteiger partial charge in [-0.05, 0) is 43.3 Å². The van der Waals surface area contributed by atoms with Crippen LogP contribution in [-0.2, 0) is 4.79 Å². The van der Waals surface area contributed by atoms with Crippen LogP contribution in [-0.4, -0.2) is 24.0 Å². The predicted molar refractivity (Wildman–Crippen MR) is 107 cm³/mol. The molecule has 2 N–H and O–H groups in total. The highest BCUT2D eigenvalue weighted by Crippen LogP contribution is 2.38. The Balaban J connectivity index is 1.56. The molecule has 27 heavy (non-hydrogen) atoms. The summed E-state index contributed by atoms with van der Waals surface area (Å²) in [6.07, 6.45) is 1.29. The number of hydrogen-bond donors (Lipinski definition) is 2. The highest BCUT2D eigenvalue weighted by Gasteiger charge is 2.51. The average Bonchev–Trinajstić information content (AvgIpc) is 3.25. The molecule has 2 amide bonds. The van der Waals surface area contributed by atoms with Crippen LogP contribution in [0.2, 0.25) is 0 Å². The lowest BCUT2D eigenvalue weighted by Crippen LogP contribution is -2.46. The van der Waals surface area contributed by atoms with Crippen LogP contribution in [0.4, 0.5) is 5.69 Å². The van der Waals surface area contributed by atoms with Crippen LogP contribution < -0.4 is 15.4 Å². The first-order chi connectivity index (χ1) is 13.1. The van der Waals surface area contributed by atoms with Gasteiger partial charge in [0.1, 0.15) is 11.3 Å². The highest BCUT2D eigenvalue weighted by molar-refractivity contribution is 7.12. The maximum atomic E-state index is 12.9. The Morgan fingerprint density at radius 3 is 2.52 bits per heavy atom. The monoisotopic (exact) mass is 380 g/mol. The van der Waals surface area contributed by atoms with E-state index in [1.165, 1.54) is 11.3 Å². The Morgan fingerprint density at radius 1 is 1.07 bits per heavy atom. The standard InChI is InChI=1S/C21H20N2O3S/c1-2-26-17-10-9-16(14-6-3-4-7-15(14)17)22-20(25)21(11-12-21)23-19(24)18-8-5-13-27-18/h3-10,13H,2,11-12H2,1H3,(H,22,25)(H,23,24). The van der Waals surface area contributed by atoms with E-state index < -0.39 is 5.54 Å². The van der Waals surface area contributed by atoms with Crippen LogP contribution in [0, 0.1) is 0 Å². The first kappa shape index (κ1) is 17.5. The smallest absolute Gasteiger partial charge is 0.262 e. The van der Waals surface area contributed by atoms with Crippen LogP contribution in [0.3, 0.4) is 0 Å². The molecule has 1 heterocycles. The number of fused-ring (bicyclic) bond motifs is 1. The Morgan fingerprint density at radius 2 is 1.85 bits per heavy atom. The lowest BCUT2D eigenvalue weighted by Gasteiger charge is -2.18. The summed E-state index contributed by atoms with van der Waals surface area (Å²) in [4.78, 5) is 25.9. The summed E-state index contributed by atoms with van der Waals surface area (Å²) in [6.45, 7) is 2.52. The number of hydrogen-bond acceptors (Lipinski definition) is 4. The molecule has 1 saturated carbocycles. The summed E-state index contributed by atoms with van der Waals surface area (Å²) in [5.74, 6) is 0.411. The summed E-state index contributed by atoms with van der Waals surface area (Å²) in [5.41, 5.74) is -0.100. The molecule has 1 aliphatic carbocycles. The topological polar surface area (TPSA) is 67.4 Å². The van der Waals surface area contributed by atoms with Crippen LogP contribution in [0.5, 0.6) is 5.75 Å². The molecule has 0 aliphatic heterocycles. The van der Waals surface area contributed by atoms with Crippen molar-refractivity contribution in [1.82, 2.24) is 5.32 Å². The normalized spacial score (nSPS) is 14.6. The van der Waals surface area contributed by atoms with Crippen molar-refractivity contribution in [2.45, 2.75) is 25.3 Å². The van der Waals surface area contributed by atoms with E-state index in [9.17, 15) is 9.59 Å². The van der Waals surface area contributed by atoms with Crippen LogP contribution in [0.1, 0.15) is 29.4 Å². The van der Waals surface area contributed by atoms with Crippen molar-refractivity contribution in [3.05, 3.63) is 58.8 Å². The molecular formula is C21H20N2O3S. The first-order valence-corrected chi connectivity index (χ1v) is 9.83. The zero-order chi connectivity index (χ0) is 18.9. The van der Waals surface area contributed by atoms with Crippen LogP contribution >= 0.6 is 11.3 Å². The Hall–Kier alpha value is -2.86. The van der Waals surface area contributed by atoms with E-state index in [1.54, 1.807) is 6.07 Å². The number of amides is 2. The molecule has 0 saturated heterocycles. The molecule has 1 aromatic heterocycles. The SMILES string of the molecule is CCOc1ccc(NC(=O)C2(NC(=O)c3cccs3)CC2)c2ccccc12. The Kier molecular flexibility index (Phi) is 4.58. The largest absolute Gasteiger partial charge is 0.493 e. The second kappa shape index (κ2) is 7.04. The van der Waals surface area contributed by atoms with Gasteiger partial charge in [-0.25, -0.2) is 0 Å². The Bertz CT molecular complexity index is 994. The van der Waals surface area contributed by atoms with Crippen molar-refractivity contribution in [3.8, 4) is 5.75 Å². The number of carbonyl (C=O) groups excluding carboxylic acids is 2. The fourth-order valence-corrected chi connectivity index (χ4v) is 3.74. The van der Waals surface area contributed by atoms with Gasteiger partial charge in [0.05, 0.1) is 11.5 Å². The average molecular weight is 380 g/mol. The maximum absolute atomic E-state index is 12.9. The van der Waals surface area contributed by atoms with Gasteiger partial charge in [-0.15, -0.1) is 11.3 Å². The van der Waals surface area contributed by atoms with Crippen molar-refractivity contribution in [3.63, 3.8) is 0 Å². The van der Waals surface area contributed by atoms with Crippen molar-refractivity contribution in [2.75, 3.05) is 11.9 Å². The molecule has 0 atom stereocenters. The minimum atomic E-state index is -0.819. The van der Waals surface area contributed by atoms with E-state index in [0.717, 1.165) is 22.2 Å². The van der Waals surface area contributed by atoms with Crippen molar-refractivity contribution < 1.29 is 14.3 Å². The number of anilines is 1. The lowest BCUT2D eigenvalue weighted by molar-refractivity contribution is -0.118. The second-order valence-corrected chi connectivity index (χ2v) is 7.51. The van der Waals surface area contributed by atoms with E-state index in [0.29, 0.717) is 24.3 Å². The van der Waals surface area contributed by atoms with E-state index in [4.69, 9.17) is 4.74 Å². The number of benzene rings is 2. The van der Waals surface area contributed by atoms with Gasteiger partial charge < -0.3 is 15.4 Å². The molecule has 4 rings (SSSR count). The fourth-order valence-electron chi connectivity index (χ4n) is 3.12. The molecule has 0 unspecified atom stereocenters. The molecule has 6 heteroatoms. The van der Waals surface area contributed by atoms with Crippen molar-refractivity contribution in [1.29, 1.82) is 0 Å². The number of carbonyl (C=O) groups is 2. The molecule has 5 nitrogen and oxygen atoms in total. The zero-order valence-corrected chi connectivity index (χ0v) is 15.8. The van der Waals surface area contributed by atoms with Gasteiger partial charge in [-0.1, -0.05) is 30.3 Å². The van der Waals surface area contributed by atoms with Gasteiger partial charge in [0.15, 0.2) is 0 Å². The second-order valence-electron chi connectivity index (χ2n) is 6.56. The first-order valence-electron chi connectivity index (χ1n) is 8.95. The van der Waals surface area contributed by atoms with Gasteiger partial charge >= 0.3 is 0 Å². The third-order valence-corrected chi connectivity index (χ3v) is 5.58. The van der Waals surface area contributed by atoms with Crippen molar-refractivity contribution in [2.24, 2.45) is 0 Å². The van der Waals surface area contributed by atoms with E-state index >= 15 is 0 Å². The molecule has 0 spiro atoms. The minimum absolute atomic E-state index is 0.179. The van der Waals surface area contributed by atoms with E-state index in [1.807, 2.05) is 54.8 Å². The zero-order valence-electron chi connectivity index (χ0n) is 15.0. The van der Waals surface area contributed by atoms with Gasteiger partial charge in [0.2, 0.25) is 5.91 Å². The van der Waals surface area contributed by atoms with Gasteiger partial charge in [0.25, 0.3) is 5.91 Å². The Labute approximate surface area is 161 Å². The lowest BCUT2D eigenvalue weighted by atomic mass is 10.1. The molecular weight excluding hydrogens is 360 g/mol. The summed E-state index contributed by atoms with van der Waals surface area (Å²) in [5, 5.41) is 9.62. The third kappa shape index (κ3) is 3.40. The number of thiophene rings is 1. The fraction of sp³-hybridized carbons (Fsp3) is 0.238. The number of nitrogens with one attached hydrogen (secondary N) is 2. The number of rotatable bonds is 6. The van der Waals surface area contributed by atoms with Gasteiger partial charge in [-0.2, -0.15) is 0 Å². The summed E-state index contributed by atoms with van der Waals surface area (Å²) < 4.78 is 5.68.